The summed E-state index contributed by atoms with van der Waals surface area (Å²) >= 11 is 1.54. The van der Waals surface area contributed by atoms with Crippen LogP contribution in [0.2, 0.25) is 0 Å². The molecule has 1 atom stereocenters. The van der Waals surface area contributed by atoms with Gasteiger partial charge in [0.1, 0.15) is 0 Å². The van der Waals surface area contributed by atoms with Gasteiger partial charge in [0, 0.05) is 18.0 Å². The lowest BCUT2D eigenvalue weighted by atomic mass is 10.0. The summed E-state index contributed by atoms with van der Waals surface area (Å²) in [5, 5.41) is 14.2. The van der Waals surface area contributed by atoms with E-state index in [2.05, 4.69) is 10.3 Å². The average Bonchev–Trinajstić information content (AvgIpc) is 2.87. The average molecular weight is 276 g/mol. The van der Waals surface area contributed by atoms with Crippen LogP contribution >= 0.6 is 11.3 Å². The van der Waals surface area contributed by atoms with Gasteiger partial charge in [0.15, 0.2) is 0 Å². The summed E-state index contributed by atoms with van der Waals surface area (Å²) in [7, 11) is 0. The van der Waals surface area contributed by atoms with Crippen molar-refractivity contribution in [3.8, 4) is 0 Å². The van der Waals surface area contributed by atoms with Crippen molar-refractivity contribution in [3.05, 3.63) is 52.0 Å². The summed E-state index contributed by atoms with van der Waals surface area (Å²) in [6.07, 6.45) is 0.0631. The molecule has 2 aromatic rings. The third-order valence-corrected chi connectivity index (χ3v) is 3.47. The van der Waals surface area contributed by atoms with Gasteiger partial charge in [-0.05, 0) is 12.5 Å². The van der Waals surface area contributed by atoms with Crippen LogP contribution in [0.15, 0.2) is 35.2 Å². The summed E-state index contributed by atoms with van der Waals surface area (Å²) < 4.78 is 0. The standard InChI is InChI=1S/C14H16N2O2S/c1-10-3-2-4-11(5-10)13(6-14(17)18)15-7-12-8-19-9-16-12/h2-5,8-9,13,15H,6-7H2,1H3,(H,17,18). The molecule has 0 aliphatic heterocycles. The van der Waals surface area contributed by atoms with Gasteiger partial charge in [-0.2, -0.15) is 0 Å². The summed E-state index contributed by atoms with van der Waals surface area (Å²) in [5.41, 5.74) is 4.84. The molecule has 0 aliphatic carbocycles. The van der Waals surface area contributed by atoms with Gasteiger partial charge in [0.05, 0.1) is 17.6 Å². The number of rotatable bonds is 6. The molecule has 0 spiro atoms. The monoisotopic (exact) mass is 276 g/mol. The number of nitrogens with zero attached hydrogens (tertiary/aromatic N) is 1. The molecule has 0 radical (unpaired) electrons. The molecule has 0 fully saturated rings. The first-order chi connectivity index (χ1) is 9.15. The van der Waals surface area contributed by atoms with Crippen LogP contribution in [-0.4, -0.2) is 16.1 Å². The van der Waals surface area contributed by atoms with Gasteiger partial charge in [0.25, 0.3) is 0 Å². The molecule has 1 unspecified atom stereocenters. The normalized spacial score (nSPS) is 12.3. The van der Waals surface area contributed by atoms with Crippen molar-refractivity contribution < 1.29 is 9.90 Å². The van der Waals surface area contributed by atoms with Crippen molar-refractivity contribution in [2.45, 2.75) is 25.9 Å². The van der Waals surface area contributed by atoms with Crippen molar-refractivity contribution in [3.63, 3.8) is 0 Å². The van der Waals surface area contributed by atoms with Crippen LogP contribution in [0.3, 0.4) is 0 Å². The number of carboxylic acid groups (broad SMARTS) is 1. The number of thiazole rings is 1. The molecule has 2 rings (SSSR count). The zero-order valence-electron chi connectivity index (χ0n) is 10.7. The van der Waals surface area contributed by atoms with Crippen LogP contribution in [0, 0.1) is 6.92 Å². The number of nitrogens with one attached hydrogen (secondary N) is 1. The first-order valence-electron chi connectivity index (χ1n) is 6.04. The quantitative estimate of drug-likeness (QED) is 0.851. The Hall–Kier alpha value is -1.72. The Kier molecular flexibility index (Phi) is 4.65. The van der Waals surface area contributed by atoms with Gasteiger partial charge in [0.2, 0.25) is 0 Å². The van der Waals surface area contributed by atoms with E-state index in [-0.39, 0.29) is 12.5 Å². The van der Waals surface area contributed by atoms with E-state index in [0.717, 1.165) is 16.8 Å². The maximum absolute atomic E-state index is 11.0. The molecule has 0 amide bonds. The molecule has 2 N–H and O–H groups in total. The number of carbonyl (C=O) groups is 1. The Labute approximate surface area is 116 Å². The molecule has 0 aliphatic rings. The van der Waals surface area contributed by atoms with Gasteiger partial charge in [-0.25, -0.2) is 4.98 Å². The highest BCUT2D eigenvalue weighted by atomic mass is 32.1. The van der Waals surface area contributed by atoms with E-state index in [0.29, 0.717) is 6.54 Å². The SMILES string of the molecule is Cc1cccc(C(CC(=O)O)NCc2cscn2)c1. The van der Waals surface area contributed by atoms with Crippen molar-refractivity contribution in [1.29, 1.82) is 0 Å². The van der Waals surface area contributed by atoms with E-state index in [9.17, 15) is 4.79 Å². The van der Waals surface area contributed by atoms with Gasteiger partial charge in [-0.3, -0.25) is 4.79 Å². The fourth-order valence-corrected chi connectivity index (χ4v) is 2.48. The predicted octanol–water partition coefficient (Wildman–Crippen LogP) is 2.76. The van der Waals surface area contributed by atoms with Crippen molar-refractivity contribution in [2.75, 3.05) is 0 Å². The van der Waals surface area contributed by atoms with Crippen molar-refractivity contribution in [1.82, 2.24) is 10.3 Å². The fraction of sp³-hybridized carbons (Fsp3) is 0.286. The van der Waals surface area contributed by atoms with Crippen LogP contribution in [0.25, 0.3) is 0 Å². The Balaban J connectivity index is 2.09. The van der Waals surface area contributed by atoms with Crippen molar-refractivity contribution >= 4 is 17.3 Å². The number of benzene rings is 1. The number of aryl methyl sites for hydroxylation is 1. The molecule has 1 heterocycles. The lowest BCUT2D eigenvalue weighted by Crippen LogP contribution is -2.23. The zero-order chi connectivity index (χ0) is 13.7. The lowest BCUT2D eigenvalue weighted by Gasteiger charge is -2.17. The van der Waals surface area contributed by atoms with E-state index in [1.165, 1.54) is 11.3 Å². The number of aromatic nitrogens is 1. The van der Waals surface area contributed by atoms with Crippen LogP contribution in [0.5, 0.6) is 0 Å². The minimum Gasteiger partial charge on any atom is -0.481 e. The first kappa shape index (κ1) is 13.7. The van der Waals surface area contributed by atoms with E-state index in [1.54, 1.807) is 5.51 Å². The summed E-state index contributed by atoms with van der Waals surface area (Å²) in [5.74, 6) is -0.808. The lowest BCUT2D eigenvalue weighted by molar-refractivity contribution is -0.137. The second kappa shape index (κ2) is 6.45. The molecular formula is C14H16N2O2S. The molecule has 5 heteroatoms. The summed E-state index contributed by atoms with van der Waals surface area (Å²) in [6, 6.07) is 7.72. The first-order valence-corrected chi connectivity index (χ1v) is 6.98. The number of hydrogen-bond acceptors (Lipinski definition) is 4. The van der Waals surface area contributed by atoms with Crippen LogP contribution in [-0.2, 0) is 11.3 Å². The van der Waals surface area contributed by atoms with Gasteiger partial charge < -0.3 is 10.4 Å². The Morgan fingerprint density at radius 3 is 3.00 bits per heavy atom. The maximum atomic E-state index is 11.0. The Morgan fingerprint density at radius 1 is 1.53 bits per heavy atom. The third kappa shape index (κ3) is 4.15. The van der Waals surface area contributed by atoms with Gasteiger partial charge >= 0.3 is 5.97 Å². The zero-order valence-corrected chi connectivity index (χ0v) is 11.5. The third-order valence-electron chi connectivity index (χ3n) is 2.84. The number of aliphatic carboxylic acids is 1. The van der Waals surface area contributed by atoms with Crippen molar-refractivity contribution in [2.24, 2.45) is 0 Å². The largest absolute Gasteiger partial charge is 0.481 e. The molecule has 0 bridgehead atoms. The molecule has 1 aromatic heterocycles. The molecule has 0 saturated heterocycles. The molecule has 19 heavy (non-hydrogen) atoms. The summed E-state index contributed by atoms with van der Waals surface area (Å²) in [4.78, 5) is 15.2. The van der Waals surface area contributed by atoms with E-state index >= 15 is 0 Å². The van der Waals surface area contributed by atoms with Crippen LogP contribution < -0.4 is 5.32 Å². The Bertz CT molecular complexity index is 540. The fourth-order valence-electron chi connectivity index (χ4n) is 1.92. The highest BCUT2D eigenvalue weighted by molar-refractivity contribution is 7.07. The minimum absolute atomic E-state index is 0.0631. The molecule has 0 saturated carbocycles. The topological polar surface area (TPSA) is 62.2 Å². The van der Waals surface area contributed by atoms with Gasteiger partial charge in [-0.1, -0.05) is 29.8 Å². The maximum Gasteiger partial charge on any atom is 0.305 e. The molecule has 4 nitrogen and oxygen atoms in total. The highest BCUT2D eigenvalue weighted by Gasteiger charge is 2.15. The number of hydrogen-bond donors (Lipinski definition) is 2. The second-order valence-corrected chi connectivity index (χ2v) is 5.14. The van der Waals surface area contributed by atoms with Crippen LogP contribution in [0.4, 0.5) is 0 Å². The Morgan fingerprint density at radius 2 is 2.37 bits per heavy atom. The van der Waals surface area contributed by atoms with Crippen LogP contribution in [0.1, 0.15) is 29.3 Å². The number of carboxylic acids is 1. The predicted molar refractivity (Wildman–Crippen MR) is 75.1 cm³/mol. The van der Waals surface area contributed by atoms with E-state index in [4.69, 9.17) is 5.11 Å². The van der Waals surface area contributed by atoms with E-state index in [1.807, 2.05) is 36.6 Å². The second-order valence-electron chi connectivity index (χ2n) is 4.43. The van der Waals surface area contributed by atoms with Gasteiger partial charge in [-0.15, -0.1) is 11.3 Å². The molecular weight excluding hydrogens is 260 g/mol. The highest BCUT2D eigenvalue weighted by Crippen LogP contribution is 2.19. The molecule has 100 valence electrons. The minimum atomic E-state index is -0.808. The molecule has 1 aromatic carbocycles. The van der Waals surface area contributed by atoms with E-state index < -0.39 is 5.97 Å². The summed E-state index contributed by atoms with van der Waals surface area (Å²) in [6.45, 7) is 2.58. The smallest absolute Gasteiger partial charge is 0.305 e.